The number of methoxy groups -OCH3 is 1. The van der Waals surface area contributed by atoms with Crippen molar-refractivity contribution in [2.45, 2.75) is 13.5 Å². The Morgan fingerprint density at radius 2 is 2.05 bits per heavy atom. The SMILES string of the molecule is COc1nc(NCc2ccc(Cl)c(Cl)c2)nc(C=N)c1C. The summed E-state index contributed by atoms with van der Waals surface area (Å²) in [7, 11) is 1.53. The van der Waals surface area contributed by atoms with Crippen LogP contribution in [0.25, 0.3) is 0 Å². The molecule has 0 fully saturated rings. The molecule has 7 heteroatoms. The van der Waals surface area contributed by atoms with Gasteiger partial charge in [0.15, 0.2) is 0 Å². The molecule has 0 unspecified atom stereocenters. The molecule has 2 aromatic rings. The summed E-state index contributed by atoms with van der Waals surface area (Å²) in [5.41, 5.74) is 2.19. The highest BCUT2D eigenvalue weighted by molar-refractivity contribution is 6.42. The maximum absolute atomic E-state index is 7.37. The molecule has 1 aromatic heterocycles. The van der Waals surface area contributed by atoms with E-state index < -0.39 is 0 Å². The smallest absolute Gasteiger partial charge is 0.226 e. The monoisotopic (exact) mass is 324 g/mol. The molecule has 0 atom stereocenters. The Bertz CT molecular complexity index is 676. The number of anilines is 1. The zero-order valence-corrected chi connectivity index (χ0v) is 13.1. The molecule has 21 heavy (non-hydrogen) atoms. The predicted octanol–water partition coefficient (Wildman–Crippen LogP) is 3.71. The lowest BCUT2D eigenvalue weighted by atomic mass is 10.2. The summed E-state index contributed by atoms with van der Waals surface area (Å²) >= 11 is 11.8. The molecule has 0 saturated carbocycles. The Hall–Kier alpha value is -1.85. The van der Waals surface area contributed by atoms with Gasteiger partial charge in [0, 0.05) is 18.3 Å². The van der Waals surface area contributed by atoms with Gasteiger partial charge in [0.2, 0.25) is 11.8 Å². The number of hydrogen-bond acceptors (Lipinski definition) is 5. The molecule has 1 heterocycles. The van der Waals surface area contributed by atoms with Gasteiger partial charge in [-0.25, -0.2) is 4.98 Å². The van der Waals surface area contributed by atoms with Gasteiger partial charge in [-0.3, -0.25) is 0 Å². The molecule has 5 nitrogen and oxygen atoms in total. The van der Waals surface area contributed by atoms with Crippen LogP contribution in [0.15, 0.2) is 18.2 Å². The van der Waals surface area contributed by atoms with Crippen molar-refractivity contribution in [2.24, 2.45) is 0 Å². The number of aromatic nitrogens is 2. The maximum atomic E-state index is 7.37. The third-order valence-electron chi connectivity index (χ3n) is 2.90. The number of halogens is 2. The van der Waals surface area contributed by atoms with Crippen molar-refractivity contribution in [1.29, 1.82) is 5.41 Å². The van der Waals surface area contributed by atoms with Crippen LogP contribution in [0.5, 0.6) is 5.88 Å². The summed E-state index contributed by atoms with van der Waals surface area (Å²) in [6.45, 7) is 2.29. The Morgan fingerprint density at radius 3 is 2.67 bits per heavy atom. The topological polar surface area (TPSA) is 70.9 Å². The van der Waals surface area contributed by atoms with Crippen LogP contribution in [0, 0.1) is 12.3 Å². The normalized spacial score (nSPS) is 10.3. The first-order valence-corrected chi connectivity index (χ1v) is 6.91. The van der Waals surface area contributed by atoms with E-state index >= 15 is 0 Å². The lowest BCUT2D eigenvalue weighted by molar-refractivity contribution is 0.394. The molecule has 110 valence electrons. The predicted molar refractivity (Wildman–Crippen MR) is 85.0 cm³/mol. The van der Waals surface area contributed by atoms with E-state index in [9.17, 15) is 0 Å². The van der Waals surface area contributed by atoms with Crippen LogP contribution in [0.4, 0.5) is 5.95 Å². The molecular formula is C14H14Cl2N4O. The van der Waals surface area contributed by atoms with Crippen molar-refractivity contribution in [3.8, 4) is 5.88 Å². The molecule has 0 saturated heterocycles. The van der Waals surface area contributed by atoms with Crippen molar-refractivity contribution >= 4 is 35.4 Å². The zero-order valence-electron chi connectivity index (χ0n) is 11.6. The minimum Gasteiger partial charge on any atom is -0.481 e. The van der Waals surface area contributed by atoms with Crippen molar-refractivity contribution < 1.29 is 4.74 Å². The summed E-state index contributed by atoms with van der Waals surface area (Å²) < 4.78 is 5.18. The fraction of sp³-hybridized carbons (Fsp3) is 0.214. The third kappa shape index (κ3) is 3.62. The van der Waals surface area contributed by atoms with Crippen LogP contribution in [0.2, 0.25) is 10.0 Å². The van der Waals surface area contributed by atoms with Crippen LogP contribution in [-0.2, 0) is 6.54 Å². The van der Waals surface area contributed by atoms with E-state index in [0.29, 0.717) is 34.1 Å². The second-order valence-corrected chi connectivity index (χ2v) is 5.13. The average molecular weight is 325 g/mol. The molecular weight excluding hydrogens is 311 g/mol. The number of rotatable bonds is 5. The molecule has 0 aliphatic heterocycles. The van der Waals surface area contributed by atoms with Crippen LogP contribution in [-0.4, -0.2) is 23.3 Å². The molecule has 0 spiro atoms. The minimum atomic E-state index is 0.391. The summed E-state index contributed by atoms with van der Waals surface area (Å²) in [6.07, 6.45) is 1.17. The average Bonchev–Trinajstić information content (AvgIpc) is 2.49. The van der Waals surface area contributed by atoms with Crippen molar-refractivity contribution in [2.75, 3.05) is 12.4 Å². The third-order valence-corrected chi connectivity index (χ3v) is 3.64. The van der Waals surface area contributed by atoms with Gasteiger partial charge in [0.05, 0.1) is 22.8 Å². The second-order valence-electron chi connectivity index (χ2n) is 4.31. The summed E-state index contributed by atoms with van der Waals surface area (Å²) in [6, 6.07) is 5.38. The van der Waals surface area contributed by atoms with Crippen molar-refractivity contribution in [1.82, 2.24) is 9.97 Å². The number of hydrogen-bond donors (Lipinski definition) is 2. The van der Waals surface area contributed by atoms with Crippen molar-refractivity contribution in [3.05, 3.63) is 45.1 Å². The highest BCUT2D eigenvalue weighted by Gasteiger charge is 2.09. The highest BCUT2D eigenvalue weighted by Crippen LogP contribution is 2.23. The van der Waals surface area contributed by atoms with Crippen LogP contribution in [0.1, 0.15) is 16.8 Å². The summed E-state index contributed by atoms with van der Waals surface area (Å²) in [5.74, 6) is 0.835. The number of nitrogens with one attached hydrogen (secondary N) is 2. The van der Waals surface area contributed by atoms with Crippen LogP contribution in [0.3, 0.4) is 0 Å². The first-order valence-electron chi connectivity index (χ1n) is 6.16. The van der Waals surface area contributed by atoms with Gasteiger partial charge in [0.25, 0.3) is 0 Å². The molecule has 0 aliphatic rings. The fourth-order valence-electron chi connectivity index (χ4n) is 1.76. The molecule has 0 aliphatic carbocycles. The van der Waals surface area contributed by atoms with E-state index in [1.807, 2.05) is 13.0 Å². The molecule has 2 rings (SSSR count). The van der Waals surface area contributed by atoms with Gasteiger partial charge >= 0.3 is 0 Å². The van der Waals surface area contributed by atoms with Gasteiger partial charge in [-0.2, -0.15) is 4.98 Å². The van der Waals surface area contributed by atoms with Gasteiger partial charge < -0.3 is 15.5 Å². The molecule has 2 N–H and O–H groups in total. The Morgan fingerprint density at radius 1 is 1.29 bits per heavy atom. The van der Waals surface area contributed by atoms with E-state index in [2.05, 4.69) is 15.3 Å². The molecule has 0 radical (unpaired) electrons. The molecule has 0 bridgehead atoms. The van der Waals surface area contributed by atoms with E-state index in [1.54, 1.807) is 12.1 Å². The van der Waals surface area contributed by atoms with Gasteiger partial charge in [-0.05, 0) is 24.6 Å². The quantitative estimate of drug-likeness (QED) is 0.822. The van der Waals surface area contributed by atoms with Gasteiger partial charge in [0.1, 0.15) is 0 Å². The molecule has 0 amide bonds. The Balaban J connectivity index is 2.19. The zero-order chi connectivity index (χ0) is 15.4. The lowest BCUT2D eigenvalue weighted by Gasteiger charge is -2.10. The first kappa shape index (κ1) is 15.5. The van der Waals surface area contributed by atoms with E-state index in [4.69, 9.17) is 33.3 Å². The summed E-state index contributed by atoms with van der Waals surface area (Å²) in [5, 5.41) is 11.5. The summed E-state index contributed by atoms with van der Waals surface area (Å²) in [4.78, 5) is 8.50. The van der Waals surface area contributed by atoms with Gasteiger partial charge in [-0.1, -0.05) is 29.3 Å². The number of ether oxygens (including phenoxy) is 1. The van der Waals surface area contributed by atoms with Crippen LogP contribution >= 0.6 is 23.2 Å². The second kappa shape index (κ2) is 6.74. The largest absolute Gasteiger partial charge is 0.481 e. The van der Waals surface area contributed by atoms with E-state index in [-0.39, 0.29) is 0 Å². The lowest BCUT2D eigenvalue weighted by Crippen LogP contribution is -2.08. The minimum absolute atomic E-state index is 0.391. The molecule has 1 aromatic carbocycles. The first-order chi connectivity index (χ1) is 10.0. The Kier molecular flexibility index (Phi) is 4.98. The maximum Gasteiger partial charge on any atom is 0.226 e. The Labute approximate surface area is 132 Å². The number of benzene rings is 1. The van der Waals surface area contributed by atoms with Crippen LogP contribution < -0.4 is 10.1 Å². The fourth-order valence-corrected chi connectivity index (χ4v) is 2.08. The van der Waals surface area contributed by atoms with Gasteiger partial charge in [-0.15, -0.1) is 0 Å². The highest BCUT2D eigenvalue weighted by atomic mass is 35.5. The number of nitrogens with zero attached hydrogens (tertiary/aromatic N) is 2. The standard InChI is InChI=1S/C14H14Cl2N4O/c1-8-12(6-17)19-14(20-13(8)21-2)18-7-9-3-4-10(15)11(16)5-9/h3-6,17H,7H2,1-2H3,(H,18,19,20). The van der Waals surface area contributed by atoms with Crippen molar-refractivity contribution in [3.63, 3.8) is 0 Å². The van der Waals surface area contributed by atoms with E-state index in [1.165, 1.54) is 13.3 Å². The van der Waals surface area contributed by atoms with E-state index in [0.717, 1.165) is 11.1 Å².